The summed E-state index contributed by atoms with van der Waals surface area (Å²) in [6.07, 6.45) is 0. The Morgan fingerprint density at radius 3 is 2.46 bits per heavy atom. The summed E-state index contributed by atoms with van der Waals surface area (Å²) in [4.78, 5) is 14.8. The molecule has 1 heterocycles. The van der Waals surface area contributed by atoms with E-state index >= 15 is 0 Å². The van der Waals surface area contributed by atoms with Crippen molar-refractivity contribution in [2.24, 2.45) is 0 Å². The van der Waals surface area contributed by atoms with Crippen LogP contribution in [0.5, 0.6) is 0 Å². The van der Waals surface area contributed by atoms with Crippen molar-refractivity contribution >= 4 is 5.91 Å². The second-order valence-corrected chi connectivity index (χ2v) is 6.48. The number of amides is 1. The molecule has 0 aliphatic carbocycles. The minimum atomic E-state index is -1.03. The van der Waals surface area contributed by atoms with E-state index in [1.54, 1.807) is 0 Å². The Hall–Kier alpha value is -2.31. The second kappa shape index (κ2) is 8.38. The maximum absolute atomic E-state index is 13.4. The first-order valence-electron chi connectivity index (χ1n) is 8.65. The number of carbonyl (C=O) groups is 1. The van der Waals surface area contributed by atoms with Gasteiger partial charge in [0.15, 0.2) is 11.6 Å². The van der Waals surface area contributed by atoms with Crippen LogP contribution in [0.4, 0.5) is 8.78 Å². The minimum Gasteiger partial charge on any atom is -0.379 e. The summed E-state index contributed by atoms with van der Waals surface area (Å²) in [6, 6.07) is 10.9. The fourth-order valence-corrected chi connectivity index (χ4v) is 2.95. The summed E-state index contributed by atoms with van der Waals surface area (Å²) in [5, 5.41) is 2.95. The number of halogens is 2. The van der Waals surface area contributed by atoms with Crippen molar-refractivity contribution in [2.75, 3.05) is 32.8 Å². The Balaban J connectivity index is 1.78. The molecule has 1 amide bonds. The first kappa shape index (κ1) is 18.5. The predicted octanol–water partition coefficient (Wildman–Crippen LogP) is 3.08. The van der Waals surface area contributed by atoms with Crippen LogP contribution >= 0.6 is 0 Å². The van der Waals surface area contributed by atoms with Gasteiger partial charge in [-0.25, -0.2) is 8.78 Å². The highest BCUT2D eigenvalue weighted by Crippen LogP contribution is 2.18. The molecule has 0 unspecified atom stereocenters. The normalized spacial score (nSPS) is 16.3. The average Bonchev–Trinajstić information content (AvgIpc) is 2.65. The number of aryl methyl sites for hydroxylation is 1. The second-order valence-electron chi connectivity index (χ2n) is 6.48. The lowest BCUT2D eigenvalue weighted by Crippen LogP contribution is -2.43. The lowest BCUT2D eigenvalue weighted by Gasteiger charge is -2.31. The van der Waals surface area contributed by atoms with Crippen LogP contribution < -0.4 is 5.32 Å². The lowest BCUT2D eigenvalue weighted by molar-refractivity contribution is 0.0332. The Morgan fingerprint density at radius 2 is 1.81 bits per heavy atom. The van der Waals surface area contributed by atoms with Crippen molar-refractivity contribution < 1.29 is 18.3 Å². The molecule has 1 aliphatic heterocycles. The fraction of sp³-hybridized carbons (Fsp3) is 0.350. The molecule has 1 N–H and O–H groups in total. The number of rotatable bonds is 5. The zero-order valence-electron chi connectivity index (χ0n) is 14.7. The highest BCUT2D eigenvalue weighted by atomic mass is 19.2. The third-order valence-electron chi connectivity index (χ3n) is 4.51. The molecule has 2 aromatic carbocycles. The number of nitrogens with zero attached hydrogens (tertiary/aromatic N) is 1. The number of hydrogen-bond donors (Lipinski definition) is 1. The van der Waals surface area contributed by atoms with Crippen molar-refractivity contribution in [3.8, 4) is 0 Å². The van der Waals surface area contributed by atoms with E-state index in [-0.39, 0.29) is 11.6 Å². The van der Waals surface area contributed by atoms with Gasteiger partial charge in [-0.1, -0.05) is 29.8 Å². The highest BCUT2D eigenvalue weighted by Gasteiger charge is 2.21. The Bertz CT molecular complexity index is 759. The van der Waals surface area contributed by atoms with E-state index in [2.05, 4.69) is 10.2 Å². The Morgan fingerprint density at radius 1 is 1.12 bits per heavy atom. The van der Waals surface area contributed by atoms with Gasteiger partial charge in [-0.05, 0) is 30.7 Å². The standard InChI is InChI=1S/C20H22F2N2O2/c1-14-2-4-15(5-3-14)19(13-24-8-10-26-11-9-24)23-20(25)16-6-7-17(21)18(22)12-16/h2-7,12,19H,8-11,13H2,1H3,(H,23,25)/t19-/m0/s1. The van der Waals surface area contributed by atoms with Crippen LogP contribution in [0.15, 0.2) is 42.5 Å². The lowest BCUT2D eigenvalue weighted by atomic mass is 10.0. The maximum Gasteiger partial charge on any atom is 0.251 e. The van der Waals surface area contributed by atoms with Crippen molar-refractivity contribution in [3.05, 3.63) is 70.8 Å². The molecule has 0 spiro atoms. The topological polar surface area (TPSA) is 41.6 Å². The van der Waals surface area contributed by atoms with Gasteiger partial charge in [0, 0.05) is 25.2 Å². The van der Waals surface area contributed by atoms with Gasteiger partial charge in [0.1, 0.15) is 0 Å². The number of morpholine rings is 1. The Kier molecular flexibility index (Phi) is 5.96. The molecular weight excluding hydrogens is 338 g/mol. The molecule has 0 bridgehead atoms. The summed E-state index contributed by atoms with van der Waals surface area (Å²) in [5.41, 5.74) is 2.20. The molecule has 4 nitrogen and oxygen atoms in total. The minimum absolute atomic E-state index is 0.1000. The molecule has 0 aromatic heterocycles. The first-order valence-corrected chi connectivity index (χ1v) is 8.65. The smallest absolute Gasteiger partial charge is 0.251 e. The number of hydrogen-bond acceptors (Lipinski definition) is 3. The first-order chi connectivity index (χ1) is 12.5. The zero-order chi connectivity index (χ0) is 18.5. The van der Waals surface area contributed by atoms with Crippen molar-refractivity contribution in [1.82, 2.24) is 10.2 Å². The van der Waals surface area contributed by atoms with E-state index in [0.717, 1.165) is 36.3 Å². The summed E-state index contributed by atoms with van der Waals surface area (Å²) >= 11 is 0. The summed E-state index contributed by atoms with van der Waals surface area (Å²) in [6.45, 7) is 5.55. The van der Waals surface area contributed by atoms with E-state index < -0.39 is 17.5 Å². The van der Waals surface area contributed by atoms with Gasteiger partial charge in [0.2, 0.25) is 0 Å². The van der Waals surface area contributed by atoms with Crippen molar-refractivity contribution in [3.63, 3.8) is 0 Å². The molecule has 26 heavy (non-hydrogen) atoms. The highest BCUT2D eigenvalue weighted by molar-refractivity contribution is 5.94. The molecule has 1 saturated heterocycles. The van der Waals surface area contributed by atoms with Crippen LogP contribution in [0.25, 0.3) is 0 Å². The van der Waals surface area contributed by atoms with Gasteiger partial charge in [0.25, 0.3) is 5.91 Å². The van der Waals surface area contributed by atoms with Gasteiger partial charge in [-0.15, -0.1) is 0 Å². The number of carbonyl (C=O) groups excluding carboxylic acids is 1. The average molecular weight is 360 g/mol. The van der Waals surface area contributed by atoms with Crippen molar-refractivity contribution in [2.45, 2.75) is 13.0 Å². The third-order valence-corrected chi connectivity index (χ3v) is 4.51. The van der Waals surface area contributed by atoms with Crippen molar-refractivity contribution in [1.29, 1.82) is 0 Å². The van der Waals surface area contributed by atoms with Gasteiger partial charge < -0.3 is 10.1 Å². The molecular formula is C20H22F2N2O2. The number of ether oxygens (including phenoxy) is 1. The molecule has 0 saturated carbocycles. The van der Waals surface area contributed by atoms with Crippen LogP contribution in [0.1, 0.15) is 27.5 Å². The SMILES string of the molecule is Cc1ccc([C@H](CN2CCOCC2)NC(=O)c2ccc(F)c(F)c2)cc1. The maximum atomic E-state index is 13.4. The molecule has 138 valence electrons. The molecule has 0 radical (unpaired) electrons. The number of benzene rings is 2. The monoisotopic (exact) mass is 360 g/mol. The number of nitrogens with one attached hydrogen (secondary N) is 1. The molecule has 1 atom stereocenters. The van der Waals surface area contributed by atoms with Crippen LogP contribution in [0, 0.1) is 18.6 Å². The van der Waals surface area contributed by atoms with Gasteiger partial charge >= 0.3 is 0 Å². The molecule has 3 rings (SSSR count). The van der Waals surface area contributed by atoms with E-state index in [9.17, 15) is 13.6 Å². The summed E-state index contributed by atoms with van der Waals surface area (Å²) in [7, 11) is 0. The van der Waals surface area contributed by atoms with E-state index in [1.807, 2.05) is 31.2 Å². The van der Waals surface area contributed by atoms with E-state index in [4.69, 9.17) is 4.74 Å². The van der Waals surface area contributed by atoms with Gasteiger partial charge in [0.05, 0.1) is 19.3 Å². The van der Waals surface area contributed by atoms with Crippen LogP contribution in [0.3, 0.4) is 0 Å². The quantitative estimate of drug-likeness (QED) is 0.891. The molecule has 1 fully saturated rings. The largest absolute Gasteiger partial charge is 0.379 e. The summed E-state index contributed by atoms with van der Waals surface area (Å²) < 4.78 is 31.9. The zero-order valence-corrected chi connectivity index (χ0v) is 14.7. The van der Waals surface area contributed by atoms with Gasteiger partial charge in [-0.3, -0.25) is 9.69 Å². The Labute approximate surface area is 151 Å². The van der Waals surface area contributed by atoms with E-state index in [0.29, 0.717) is 19.8 Å². The van der Waals surface area contributed by atoms with Crippen LogP contribution in [-0.2, 0) is 4.74 Å². The van der Waals surface area contributed by atoms with Gasteiger partial charge in [-0.2, -0.15) is 0 Å². The predicted molar refractivity (Wildman–Crippen MR) is 95.0 cm³/mol. The molecule has 2 aromatic rings. The molecule has 1 aliphatic rings. The molecule has 6 heteroatoms. The fourth-order valence-electron chi connectivity index (χ4n) is 2.95. The third kappa shape index (κ3) is 4.65. The van der Waals surface area contributed by atoms with Crippen LogP contribution in [-0.4, -0.2) is 43.7 Å². The van der Waals surface area contributed by atoms with Crippen LogP contribution in [0.2, 0.25) is 0 Å². The van der Waals surface area contributed by atoms with E-state index in [1.165, 1.54) is 6.07 Å². The summed E-state index contributed by atoms with van der Waals surface area (Å²) in [5.74, 6) is -2.43.